The maximum absolute atomic E-state index is 12.6. The average Bonchev–Trinajstić information content (AvgIpc) is 2.82. The lowest BCUT2D eigenvalue weighted by Gasteiger charge is -2.14. The molecule has 0 spiro atoms. The van der Waals surface area contributed by atoms with E-state index in [1.165, 1.54) is 19.1 Å². The van der Waals surface area contributed by atoms with Crippen LogP contribution in [0, 0.1) is 0 Å². The monoisotopic (exact) mass is 336 g/mol. The molecule has 1 heterocycles. The van der Waals surface area contributed by atoms with Gasteiger partial charge in [-0.3, -0.25) is 14.4 Å². The van der Waals surface area contributed by atoms with E-state index in [-0.39, 0.29) is 29.9 Å². The second-order valence-corrected chi connectivity index (χ2v) is 5.70. The summed E-state index contributed by atoms with van der Waals surface area (Å²) < 4.78 is 0. The van der Waals surface area contributed by atoms with E-state index >= 15 is 0 Å². The number of benzene rings is 2. The van der Waals surface area contributed by atoms with Crippen LogP contribution in [-0.4, -0.2) is 22.8 Å². The number of anilines is 2. The molecule has 6 nitrogen and oxygen atoms in total. The summed E-state index contributed by atoms with van der Waals surface area (Å²) in [5.74, 6) is -0.807. The van der Waals surface area contributed by atoms with Crippen molar-refractivity contribution in [1.29, 1.82) is 0 Å². The lowest BCUT2D eigenvalue weighted by Crippen LogP contribution is -2.28. The molecule has 1 saturated heterocycles. The van der Waals surface area contributed by atoms with Gasteiger partial charge in [-0.1, -0.05) is 12.1 Å². The topological polar surface area (TPSA) is 86.7 Å². The van der Waals surface area contributed by atoms with Gasteiger partial charge in [-0.15, -0.1) is 0 Å². The van der Waals surface area contributed by atoms with Crippen molar-refractivity contribution < 1.29 is 19.5 Å². The SMILES string of the molecule is CC(=O)Nc1ccc(N2C(=O)CC(=Cc3cccc(O)c3)C2=O)cc1. The van der Waals surface area contributed by atoms with Gasteiger partial charge in [0, 0.05) is 18.2 Å². The molecule has 25 heavy (non-hydrogen) atoms. The van der Waals surface area contributed by atoms with Gasteiger partial charge in [0.15, 0.2) is 0 Å². The molecule has 0 radical (unpaired) electrons. The molecule has 3 rings (SSSR count). The Morgan fingerprint density at radius 1 is 1.16 bits per heavy atom. The van der Waals surface area contributed by atoms with Gasteiger partial charge in [0.05, 0.1) is 12.1 Å². The molecule has 6 heteroatoms. The van der Waals surface area contributed by atoms with Crippen LogP contribution in [0.15, 0.2) is 54.1 Å². The van der Waals surface area contributed by atoms with Crippen LogP contribution >= 0.6 is 0 Å². The highest BCUT2D eigenvalue weighted by molar-refractivity contribution is 6.29. The third kappa shape index (κ3) is 3.58. The number of carbonyl (C=O) groups excluding carboxylic acids is 3. The fourth-order valence-corrected chi connectivity index (χ4v) is 2.66. The Balaban J connectivity index is 1.85. The van der Waals surface area contributed by atoms with Crippen molar-refractivity contribution >= 4 is 35.2 Å². The van der Waals surface area contributed by atoms with Crippen molar-refractivity contribution in [2.75, 3.05) is 10.2 Å². The van der Waals surface area contributed by atoms with Crippen LogP contribution in [0.1, 0.15) is 18.9 Å². The highest BCUT2D eigenvalue weighted by Gasteiger charge is 2.34. The number of imide groups is 1. The lowest BCUT2D eigenvalue weighted by atomic mass is 10.1. The molecule has 0 aromatic heterocycles. The molecule has 0 bridgehead atoms. The van der Waals surface area contributed by atoms with Gasteiger partial charge in [-0.05, 0) is 48.0 Å². The molecule has 1 aliphatic heterocycles. The Hall–Kier alpha value is -3.41. The maximum Gasteiger partial charge on any atom is 0.261 e. The number of nitrogens with one attached hydrogen (secondary N) is 1. The quantitative estimate of drug-likeness (QED) is 0.666. The number of aromatic hydroxyl groups is 1. The number of amides is 3. The van der Waals surface area contributed by atoms with Crippen LogP contribution in [0.5, 0.6) is 5.75 Å². The number of hydrogen-bond acceptors (Lipinski definition) is 4. The molecule has 0 atom stereocenters. The molecule has 2 aromatic rings. The molecule has 2 N–H and O–H groups in total. The van der Waals surface area contributed by atoms with E-state index in [1.807, 2.05) is 0 Å². The normalized spacial score (nSPS) is 15.7. The first-order chi connectivity index (χ1) is 11.9. The van der Waals surface area contributed by atoms with E-state index in [0.717, 1.165) is 4.90 Å². The molecule has 1 fully saturated rings. The Morgan fingerprint density at radius 3 is 2.52 bits per heavy atom. The molecule has 0 saturated carbocycles. The van der Waals surface area contributed by atoms with Crippen molar-refractivity contribution in [2.24, 2.45) is 0 Å². The highest BCUT2D eigenvalue weighted by atomic mass is 16.3. The van der Waals surface area contributed by atoms with Crippen molar-refractivity contribution in [1.82, 2.24) is 0 Å². The van der Waals surface area contributed by atoms with Crippen LogP contribution in [0.4, 0.5) is 11.4 Å². The van der Waals surface area contributed by atoms with Gasteiger partial charge in [0.2, 0.25) is 11.8 Å². The number of hydrogen-bond donors (Lipinski definition) is 2. The van der Waals surface area contributed by atoms with E-state index in [9.17, 15) is 19.5 Å². The van der Waals surface area contributed by atoms with Crippen molar-refractivity contribution in [2.45, 2.75) is 13.3 Å². The summed E-state index contributed by atoms with van der Waals surface area (Å²) in [7, 11) is 0. The fraction of sp³-hybridized carbons (Fsp3) is 0.105. The summed E-state index contributed by atoms with van der Waals surface area (Å²) in [4.78, 5) is 37.0. The Kier molecular flexibility index (Phi) is 4.35. The minimum Gasteiger partial charge on any atom is -0.508 e. The minimum atomic E-state index is -0.388. The molecular formula is C19H16N2O4. The predicted octanol–water partition coefficient (Wildman–Crippen LogP) is 2.70. The van der Waals surface area contributed by atoms with Gasteiger partial charge in [0.1, 0.15) is 5.75 Å². The third-order valence-corrected chi connectivity index (χ3v) is 3.73. The number of phenols is 1. The van der Waals surface area contributed by atoms with E-state index in [4.69, 9.17) is 0 Å². The zero-order valence-electron chi connectivity index (χ0n) is 13.5. The minimum absolute atomic E-state index is 0.00192. The average molecular weight is 336 g/mol. The third-order valence-electron chi connectivity index (χ3n) is 3.73. The van der Waals surface area contributed by atoms with Crippen LogP contribution in [0.3, 0.4) is 0 Å². The second-order valence-electron chi connectivity index (χ2n) is 5.70. The smallest absolute Gasteiger partial charge is 0.261 e. The van der Waals surface area contributed by atoms with Gasteiger partial charge in [0.25, 0.3) is 5.91 Å². The van der Waals surface area contributed by atoms with Crippen LogP contribution in [0.25, 0.3) is 6.08 Å². The summed E-state index contributed by atoms with van der Waals surface area (Å²) in [5.41, 5.74) is 2.05. The number of phenolic OH excluding ortho intramolecular Hbond substituents is 1. The zero-order chi connectivity index (χ0) is 18.0. The van der Waals surface area contributed by atoms with E-state index in [1.54, 1.807) is 42.5 Å². The fourth-order valence-electron chi connectivity index (χ4n) is 2.66. The Morgan fingerprint density at radius 2 is 1.88 bits per heavy atom. The van der Waals surface area contributed by atoms with Gasteiger partial charge >= 0.3 is 0 Å². The summed E-state index contributed by atoms with van der Waals surface area (Å²) in [5, 5.41) is 12.1. The number of carbonyl (C=O) groups is 3. The molecule has 0 aliphatic carbocycles. The van der Waals surface area contributed by atoms with Crippen molar-refractivity contribution in [3.63, 3.8) is 0 Å². The first-order valence-corrected chi connectivity index (χ1v) is 7.68. The molecule has 0 unspecified atom stereocenters. The maximum atomic E-state index is 12.6. The van der Waals surface area contributed by atoms with Gasteiger partial charge in [-0.2, -0.15) is 0 Å². The van der Waals surface area contributed by atoms with Crippen molar-refractivity contribution in [3.8, 4) is 5.75 Å². The van der Waals surface area contributed by atoms with E-state index in [2.05, 4.69) is 5.32 Å². The van der Waals surface area contributed by atoms with Crippen LogP contribution in [-0.2, 0) is 14.4 Å². The lowest BCUT2D eigenvalue weighted by molar-refractivity contribution is -0.120. The zero-order valence-corrected chi connectivity index (χ0v) is 13.5. The number of rotatable bonds is 3. The summed E-state index contributed by atoms with van der Waals surface area (Å²) in [6.07, 6.45) is 1.60. The summed E-state index contributed by atoms with van der Waals surface area (Å²) in [6.45, 7) is 1.40. The number of nitrogens with zero attached hydrogens (tertiary/aromatic N) is 1. The van der Waals surface area contributed by atoms with Crippen LogP contribution < -0.4 is 10.2 Å². The molecular weight excluding hydrogens is 320 g/mol. The van der Waals surface area contributed by atoms with Gasteiger partial charge < -0.3 is 10.4 Å². The highest BCUT2D eigenvalue weighted by Crippen LogP contribution is 2.28. The summed E-state index contributed by atoms with van der Waals surface area (Å²) >= 11 is 0. The first kappa shape index (κ1) is 16.4. The van der Waals surface area contributed by atoms with Crippen LogP contribution in [0.2, 0.25) is 0 Å². The Labute approximate surface area is 144 Å². The second kappa shape index (κ2) is 6.60. The molecule has 126 valence electrons. The standard InChI is InChI=1S/C19H16N2O4/c1-12(22)20-15-5-7-16(8-6-15)21-18(24)11-14(19(21)25)9-13-3-2-4-17(23)10-13/h2-10,23H,11H2,1H3,(H,20,22). The largest absolute Gasteiger partial charge is 0.508 e. The van der Waals surface area contributed by atoms with Gasteiger partial charge in [-0.25, -0.2) is 4.90 Å². The van der Waals surface area contributed by atoms with E-state index in [0.29, 0.717) is 22.5 Å². The molecule has 3 amide bonds. The Bertz CT molecular complexity index is 885. The van der Waals surface area contributed by atoms with Crippen molar-refractivity contribution in [3.05, 3.63) is 59.7 Å². The molecule has 1 aliphatic rings. The summed E-state index contributed by atoms with van der Waals surface area (Å²) in [6, 6.07) is 13.0. The molecule has 2 aromatic carbocycles. The van der Waals surface area contributed by atoms with E-state index < -0.39 is 0 Å². The predicted molar refractivity (Wildman–Crippen MR) is 93.9 cm³/mol. The first-order valence-electron chi connectivity index (χ1n) is 7.68.